The summed E-state index contributed by atoms with van der Waals surface area (Å²) in [5.41, 5.74) is 0. The van der Waals surface area contributed by atoms with Crippen LogP contribution >= 0.6 is 0 Å². The Hall–Kier alpha value is -1.47. The lowest BCUT2D eigenvalue weighted by atomic mass is 10.2. The molecule has 2 heterocycles. The summed E-state index contributed by atoms with van der Waals surface area (Å²) in [4.78, 5) is 20.8. The van der Waals surface area contributed by atoms with E-state index >= 15 is 0 Å². The summed E-state index contributed by atoms with van der Waals surface area (Å²) in [6, 6.07) is 0.247. The van der Waals surface area contributed by atoms with Crippen LogP contribution in [0.1, 0.15) is 51.7 Å². The van der Waals surface area contributed by atoms with E-state index in [1.165, 1.54) is 0 Å². The van der Waals surface area contributed by atoms with Gasteiger partial charge in [0.1, 0.15) is 0 Å². The van der Waals surface area contributed by atoms with Crippen LogP contribution in [0.3, 0.4) is 0 Å². The Labute approximate surface area is 138 Å². The minimum Gasteiger partial charge on any atom is -0.353 e. The quantitative estimate of drug-likeness (QED) is 0.813. The van der Waals surface area contributed by atoms with Crippen molar-refractivity contribution in [2.45, 2.75) is 52.6 Å². The summed E-state index contributed by atoms with van der Waals surface area (Å²) in [5, 5.41) is 7.01. The van der Waals surface area contributed by atoms with Crippen LogP contribution in [0.4, 0.5) is 0 Å². The fourth-order valence-corrected chi connectivity index (χ4v) is 2.49. The third-order valence-electron chi connectivity index (χ3n) is 4.21. The van der Waals surface area contributed by atoms with Gasteiger partial charge >= 0.3 is 0 Å². The fraction of sp³-hybridized carbons (Fsp3) is 0.812. The van der Waals surface area contributed by atoms with Crippen LogP contribution in [0.2, 0.25) is 0 Å². The van der Waals surface area contributed by atoms with Gasteiger partial charge in [-0.1, -0.05) is 25.9 Å². The Morgan fingerprint density at radius 2 is 1.87 bits per heavy atom. The molecule has 0 saturated carbocycles. The van der Waals surface area contributed by atoms with Gasteiger partial charge in [-0.3, -0.25) is 14.6 Å². The van der Waals surface area contributed by atoms with Gasteiger partial charge in [0, 0.05) is 38.1 Å². The van der Waals surface area contributed by atoms with Gasteiger partial charge in [0.15, 0.2) is 5.82 Å². The first-order valence-electron chi connectivity index (χ1n) is 8.54. The molecule has 130 valence electrons. The van der Waals surface area contributed by atoms with Crippen LogP contribution in [-0.4, -0.2) is 64.6 Å². The SMILES string of the molecule is CC[C@@H](C)NC(=O)CN1CCN(Cc2nc(C(C)C)no2)CC1. The molecule has 23 heavy (non-hydrogen) atoms. The predicted molar refractivity (Wildman–Crippen MR) is 88.0 cm³/mol. The monoisotopic (exact) mass is 323 g/mol. The average molecular weight is 323 g/mol. The molecule has 0 radical (unpaired) electrons. The molecular formula is C16H29N5O2. The van der Waals surface area contributed by atoms with Crippen LogP contribution in [0.15, 0.2) is 4.52 Å². The van der Waals surface area contributed by atoms with Gasteiger partial charge in [-0.05, 0) is 13.3 Å². The maximum atomic E-state index is 11.9. The lowest BCUT2D eigenvalue weighted by molar-refractivity contribution is -0.123. The zero-order valence-electron chi connectivity index (χ0n) is 14.7. The number of carbonyl (C=O) groups is 1. The van der Waals surface area contributed by atoms with Crippen LogP contribution in [0, 0.1) is 0 Å². The molecule has 1 saturated heterocycles. The van der Waals surface area contributed by atoms with Gasteiger partial charge in [-0.2, -0.15) is 4.98 Å². The smallest absolute Gasteiger partial charge is 0.240 e. The normalized spacial score (nSPS) is 18.3. The van der Waals surface area contributed by atoms with Crippen molar-refractivity contribution in [2.24, 2.45) is 0 Å². The molecule has 0 aliphatic carbocycles. The Kier molecular flexibility index (Phi) is 6.53. The second-order valence-corrected chi connectivity index (χ2v) is 6.63. The lowest BCUT2D eigenvalue weighted by Crippen LogP contribution is -2.49. The second-order valence-electron chi connectivity index (χ2n) is 6.63. The number of nitrogens with zero attached hydrogens (tertiary/aromatic N) is 4. The number of nitrogens with one attached hydrogen (secondary N) is 1. The van der Waals surface area contributed by atoms with E-state index < -0.39 is 0 Å². The second kappa shape index (κ2) is 8.40. The highest BCUT2D eigenvalue weighted by Crippen LogP contribution is 2.12. The molecule has 7 nitrogen and oxygen atoms in total. The Morgan fingerprint density at radius 1 is 1.22 bits per heavy atom. The molecule has 0 spiro atoms. The number of hydrogen-bond acceptors (Lipinski definition) is 6. The largest absolute Gasteiger partial charge is 0.353 e. The number of aromatic nitrogens is 2. The van der Waals surface area contributed by atoms with Crippen LogP contribution in [0.25, 0.3) is 0 Å². The molecule has 0 aromatic carbocycles. The van der Waals surface area contributed by atoms with E-state index in [1.54, 1.807) is 0 Å². The molecule has 1 amide bonds. The molecule has 1 aliphatic rings. The number of piperazine rings is 1. The van der Waals surface area contributed by atoms with Crippen molar-refractivity contribution >= 4 is 5.91 Å². The highest BCUT2D eigenvalue weighted by molar-refractivity contribution is 5.78. The molecule has 7 heteroatoms. The van der Waals surface area contributed by atoms with E-state index in [0.717, 1.165) is 38.4 Å². The maximum absolute atomic E-state index is 11.9. The van der Waals surface area contributed by atoms with E-state index in [0.29, 0.717) is 19.0 Å². The van der Waals surface area contributed by atoms with Crippen molar-refractivity contribution in [3.8, 4) is 0 Å². The standard InChI is InChI=1S/C16H29N5O2/c1-5-13(4)17-14(22)10-20-6-8-21(9-7-20)11-15-18-16(12(2)3)19-23-15/h12-13H,5-11H2,1-4H3,(H,17,22)/t13-/m1/s1. The highest BCUT2D eigenvalue weighted by Gasteiger charge is 2.21. The van der Waals surface area contributed by atoms with Crippen molar-refractivity contribution in [3.05, 3.63) is 11.7 Å². The van der Waals surface area contributed by atoms with Crippen molar-refractivity contribution in [1.29, 1.82) is 0 Å². The van der Waals surface area contributed by atoms with E-state index in [9.17, 15) is 4.79 Å². The zero-order valence-corrected chi connectivity index (χ0v) is 14.7. The molecule has 1 aliphatic heterocycles. The zero-order chi connectivity index (χ0) is 16.8. The minimum atomic E-state index is 0.117. The number of hydrogen-bond donors (Lipinski definition) is 1. The summed E-state index contributed by atoms with van der Waals surface area (Å²) in [5.74, 6) is 1.84. The van der Waals surface area contributed by atoms with Gasteiger partial charge in [0.05, 0.1) is 13.1 Å². The molecule has 1 N–H and O–H groups in total. The van der Waals surface area contributed by atoms with Crippen LogP contribution in [-0.2, 0) is 11.3 Å². The van der Waals surface area contributed by atoms with Crippen LogP contribution in [0.5, 0.6) is 0 Å². The summed E-state index contributed by atoms with van der Waals surface area (Å²) < 4.78 is 5.30. The Morgan fingerprint density at radius 3 is 2.43 bits per heavy atom. The summed E-state index contributed by atoms with van der Waals surface area (Å²) in [6.07, 6.45) is 0.960. The Balaban J connectivity index is 1.72. The first-order chi connectivity index (χ1) is 11.0. The third-order valence-corrected chi connectivity index (χ3v) is 4.21. The molecule has 1 aromatic rings. The molecule has 0 unspecified atom stereocenters. The summed E-state index contributed by atoms with van der Waals surface area (Å²) >= 11 is 0. The first-order valence-corrected chi connectivity index (χ1v) is 8.54. The highest BCUT2D eigenvalue weighted by atomic mass is 16.5. The lowest BCUT2D eigenvalue weighted by Gasteiger charge is -2.33. The summed E-state index contributed by atoms with van der Waals surface area (Å²) in [6.45, 7) is 13.0. The van der Waals surface area contributed by atoms with Gasteiger partial charge in [-0.15, -0.1) is 0 Å². The van der Waals surface area contributed by atoms with Crippen molar-refractivity contribution in [3.63, 3.8) is 0 Å². The van der Waals surface area contributed by atoms with Gasteiger partial charge in [0.2, 0.25) is 11.8 Å². The van der Waals surface area contributed by atoms with Crippen molar-refractivity contribution in [2.75, 3.05) is 32.7 Å². The molecule has 1 aromatic heterocycles. The van der Waals surface area contributed by atoms with E-state index in [1.807, 2.05) is 6.92 Å². The summed E-state index contributed by atoms with van der Waals surface area (Å²) in [7, 11) is 0. The molecule has 1 atom stereocenters. The predicted octanol–water partition coefficient (Wildman–Crippen LogP) is 1.23. The number of carbonyl (C=O) groups excluding carboxylic acids is 1. The van der Waals surface area contributed by atoms with E-state index in [2.05, 4.69) is 46.0 Å². The molecule has 2 rings (SSSR count). The third kappa shape index (κ3) is 5.58. The van der Waals surface area contributed by atoms with E-state index in [4.69, 9.17) is 4.52 Å². The van der Waals surface area contributed by atoms with Crippen molar-refractivity contribution in [1.82, 2.24) is 25.3 Å². The molecular weight excluding hydrogens is 294 g/mol. The minimum absolute atomic E-state index is 0.117. The van der Waals surface area contributed by atoms with Crippen LogP contribution < -0.4 is 5.32 Å². The van der Waals surface area contributed by atoms with Gasteiger partial charge in [0.25, 0.3) is 0 Å². The average Bonchev–Trinajstić information content (AvgIpc) is 2.98. The fourth-order valence-electron chi connectivity index (χ4n) is 2.49. The Bertz CT molecular complexity index is 494. The van der Waals surface area contributed by atoms with Crippen molar-refractivity contribution < 1.29 is 9.32 Å². The molecule has 1 fully saturated rings. The van der Waals surface area contributed by atoms with Gasteiger partial charge < -0.3 is 9.84 Å². The van der Waals surface area contributed by atoms with E-state index in [-0.39, 0.29) is 17.9 Å². The number of amides is 1. The van der Waals surface area contributed by atoms with Gasteiger partial charge in [-0.25, -0.2) is 0 Å². The first kappa shape index (κ1) is 17.9. The molecule has 0 bridgehead atoms. The number of rotatable bonds is 7. The maximum Gasteiger partial charge on any atom is 0.240 e. The topological polar surface area (TPSA) is 74.5 Å².